The second-order valence-corrected chi connectivity index (χ2v) is 13.6. The summed E-state index contributed by atoms with van der Waals surface area (Å²) in [6, 6.07) is 14.2. The molecular weight excluding hydrogens is 597 g/mol. The van der Waals surface area contributed by atoms with Crippen LogP contribution in [0.5, 0.6) is 5.75 Å². The molecule has 47 heavy (non-hydrogen) atoms. The van der Waals surface area contributed by atoms with Gasteiger partial charge in [-0.05, 0) is 81.3 Å². The Morgan fingerprint density at radius 1 is 1.02 bits per heavy atom. The predicted octanol–water partition coefficient (Wildman–Crippen LogP) is 7.38. The number of piperidine rings is 1. The van der Waals surface area contributed by atoms with Crippen LogP contribution < -0.4 is 15.0 Å². The standard InChI is InChI=1S/C33H36FN5O3.C4H10O/c1-22-28(18-29(40)41)31(39-15-13-33(2,3)14-16-39)30(32(37-22)38-26-19-35-21-36-20-26)24-6-10-27(11-7-24)42-17-12-23-4-8-25(34)9-5-23;1-4(2,3)5/h4-11,19-21H,12-18H2,1-3H3,(H,37,38)(H,40,41);5H,1-3H3. The summed E-state index contributed by atoms with van der Waals surface area (Å²) in [5.74, 6) is 0.167. The van der Waals surface area contributed by atoms with Crippen molar-refractivity contribution in [2.24, 2.45) is 5.41 Å². The third-order valence-electron chi connectivity index (χ3n) is 7.78. The topological polar surface area (TPSA) is 121 Å². The Labute approximate surface area is 276 Å². The van der Waals surface area contributed by atoms with Gasteiger partial charge >= 0.3 is 5.97 Å². The number of pyridine rings is 1. The minimum absolute atomic E-state index is 0.125. The van der Waals surface area contributed by atoms with Crippen molar-refractivity contribution < 1.29 is 24.1 Å². The number of anilines is 3. The Morgan fingerprint density at radius 3 is 2.19 bits per heavy atom. The first-order valence-corrected chi connectivity index (χ1v) is 15.9. The highest BCUT2D eigenvalue weighted by molar-refractivity contribution is 5.92. The molecule has 10 heteroatoms. The Kier molecular flexibility index (Phi) is 11.5. The van der Waals surface area contributed by atoms with Crippen LogP contribution in [-0.2, 0) is 17.6 Å². The number of hydrogen-bond donors (Lipinski definition) is 3. The molecule has 0 radical (unpaired) electrons. The molecule has 0 saturated carbocycles. The first kappa shape index (κ1) is 35.3. The molecule has 4 aromatic rings. The average Bonchev–Trinajstić information content (AvgIpc) is 2.99. The van der Waals surface area contributed by atoms with Gasteiger partial charge in [0.15, 0.2) is 0 Å². The number of aliphatic hydroxyl groups is 1. The van der Waals surface area contributed by atoms with Crippen LogP contribution in [0, 0.1) is 18.2 Å². The molecule has 1 aliphatic heterocycles. The monoisotopic (exact) mass is 643 g/mol. The number of rotatable bonds is 10. The summed E-state index contributed by atoms with van der Waals surface area (Å²) < 4.78 is 19.2. The van der Waals surface area contributed by atoms with E-state index < -0.39 is 11.6 Å². The van der Waals surface area contributed by atoms with E-state index in [0.29, 0.717) is 41.5 Å². The number of carbonyl (C=O) groups is 1. The van der Waals surface area contributed by atoms with E-state index in [2.05, 4.69) is 34.0 Å². The van der Waals surface area contributed by atoms with Gasteiger partial charge in [0.05, 0.1) is 42.4 Å². The molecule has 2 aromatic heterocycles. The highest BCUT2D eigenvalue weighted by Crippen LogP contribution is 2.44. The molecule has 0 amide bonds. The summed E-state index contributed by atoms with van der Waals surface area (Å²) in [4.78, 5) is 27.5. The van der Waals surface area contributed by atoms with Crippen LogP contribution in [0.4, 0.5) is 21.6 Å². The maximum atomic E-state index is 13.2. The highest BCUT2D eigenvalue weighted by Gasteiger charge is 2.31. The van der Waals surface area contributed by atoms with Crippen LogP contribution in [0.15, 0.2) is 67.3 Å². The van der Waals surface area contributed by atoms with Gasteiger partial charge in [-0.3, -0.25) is 4.79 Å². The third-order valence-corrected chi connectivity index (χ3v) is 7.78. The molecule has 3 heterocycles. The molecule has 3 N–H and O–H groups in total. The van der Waals surface area contributed by atoms with Crippen molar-refractivity contribution in [3.63, 3.8) is 0 Å². The van der Waals surface area contributed by atoms with Gasteiger partial charge in [-0.25, -0.2) is 19.3 Å². The fraction of sp³-hybridized carbons (Fsp3) is 0.405. The molecule has 5 rings (SSSR count). The Morgan fingerprint density at radius 2 is 1.62 bits per heavy atom. The second-order valence-electron chi connectivity index (χ2n) is 13.6. The van der Waals surface area contributed by atoms with Crippen LogP contribution in [0.2, 0.25) is 0 Å². The molecule has 9 nitrogen and oxygen atoms in total. The molecule has 0 aliphatic carbocycles. The first-order chi connectivity index (χ1) is 22.2. The average molecular weight is 644 g/mol. The molecule has 0 unspecified atom stereocenters. The van der Waals surface area contributed by atoms with Crippen LogP contribution in [-0.4, -0.2) is 56.4 Å². The number of aromatic nitrogens is 3. The number of aryl methyl sites for hydroxylation is 1. The number of hydrogen-bond acceptors (Lipinski definition) is 8. The van der Waals surface area contributed by atoms with Crippen molar-refractivity contribution in [3.8, 4) is 16.9 Å². The Bertz CT molecular complexity index is 1610. The van der Waals surface area contributed by atoms with Crippen molar-refractivity contribution in [1.29, 1.82) is 0 Å². The van der Waals surface area contributed by atoms with Gasteiger partial charge in [0, 0.05) is 36.3 Å². The van der Waals surface area contributed by atoms with Crippen LogP contribution in [0.1, 0.15) is 64.3 Å². The van der Waals surface area contributed by atoms with Crippen molar-refractivity contribution in [1.82, 2.24) is 15.0 Å². The number of carboxylic acid groups (broad SMARTS) is 1. The van der Waals surface area contributed by atoms with Gasteiger partial charge in [-0.1, -0.05) is 38.1 Å². The van der Waals surface area contributed by atoms with Gasteiger partial charge in [-0.2, -0.15) is 0 Å². The quantitative estimate of drug-likeness (QED) is 0.163. The maximum absolute atomic E-state index is 13.2. The van der Waals surface area contributed by atoms with Crippen molar-refractivity contribution >= 4 is 23.2 Å². The zero-order valence-electron chi connectivity index (χ0n) is 28.2. The predicted molar refractivity (Wildman–Crippen MR) is 184 cm³/mol. The zero-order chi connectivity index (χ0) is 34.2. The molecule has 0 atom stereocenters. The maximum Gasteiger partial charge on any atom is 0.307 e. The van der Waals surface area contributed by atoms with E-state index in [4.69, 9.17) is 14.8 Å². The lowest BCUT2D eigenvalue weighted by Crippen LogP contribution is -2.38. The first-order valence-electron chi connectivity index (χ1n) is 15.9. The zero-order valence-corrected chi connectivity index (χ0v) is 28.2. The number of ether oxygens (including phenoxy) is 1. The fourth-order valence-electron chi connectivity index (χ4n) is 5.29. The van der Waals surface area contributed by atoms with E-state index in [9.17, 15) is 14.3 Å². The number of benzene rings is 2. The molecule has 1 saturated heterocycles. The second kappa shape index (κ2) is 15.3. The van der Waals surface area contributed by atoms with Crippen LogP contribution >= 0.6 is 0 Å². The van der Waals surface area contributed by atoms with E-state index in [0.717, 1.165) is 48.3 Å². The molecule has 1 aliphatic rings. The SMILES string of the molecule is CC(C)(C)O.Cc1nc(Nc2cncnc2)c(-c2ccc(OCCc3ccc(F)cc3)cc2)c(N2CCC(C)(C)CC2)c1CC(=O)O. The van der Waals surface area contributed by atoms with Gasteiger partial charge in [-0.15, -0.1) is 0 Å². The van der Waals surface area contributed by atoms with Crippen molar-refractivity contribution in [3.05, 3.63) is 89.9 Å². The summed E-state index contributed by atoms with van der Waals surface area (Å²) in [5, 5.41) is 21.8. The van der Waals surface area contributed by atoms with Gasteiger partial charge < -0.3 is 25.2 Å². The Balaban J connectivity index is 0.000000930. The summed E-state index contributed by atoms with van der Waals surface area (Å²) in [5.41, 5.74) is 5.40. The summed E-state index contributed by atoms with van der Waals surface area (Å²) in [7, 11) is 0. The lowest BCUT2D eigenvalue weighted by atomic mass is 9.82. The number of nitrogens with zero attached hydrogens (tertiary/aromatic N) is 4. The van der Waals surface area contributed by atoms with Crippen LogP contribution in [0.3, 0.4) is 0 Å². The van der Waals surface area contributed by atoms with E-state index in [1.54, 1.807) is 45.3 Å². The summed E-state index contributed by atoms with van der Waals surface area (Å²) >= 11 is 0. The molecular formula is C37H46FN5O4. The lowest BCUT2D eigenvalue weighted by molar-refractivity contribution is -0.136. The van der Waals surface area contributed by atoms with E-state index >= 15 is 0 Å². The number of carboxylic acids is 1. The fourth-order valence-corrected chi connectivity index (χ4v) is 5.29. The van der Waals surface area contributed by atoms with Gasteiger partial charge in [0.2, 0.25) is 0 Å². The number of halogens is 1. The summed E-state index contributed by atoms with van der Waals surface area (Å²) in [6.07, 6.45) is 7.36. The highest BCUT2D eigenvalue weighted by atomic mass is 19.1. The normalized spacial score (nSPS) is 14.2. The van der Waals surface area contributed by atoms with E-state index in [1.807, 2.05) is 31.2 Å². The molecule has 1 fully saturated rings. The van der Waals surface area contributed by atoms with Gasteiger partial charge in [0.25, 0.3) is 0 Å². The van der Waals surface area contributed by atoms with Crippen LogP contribution in [0.25, 0.3) is 11.1 Å². The molecule has 250 valence electrons. The van der Waals surface area contributed by atoms with Gasteiger partial charge in [0.1, 0.15) is 23.7 Å². The number of aliphatic carboxylic acids is 1. The Hall–Kier alpha value is -4.57. The number of nitrogens with one attached hydrogen (secondary N) is 1. The molecule has 0 spiro atoms. The minimum atomic E-state index is -0.897. The lowest BCUT2D eigenvalue weighted by Gasteiger charge is -2.40. The molecule has 0 bridgehead atoms. The molecule has 2 aromatic carbocycles. The largest absolute Gasteiger partial charge is 0.493 e. The smallest absolute Gasteiger partial charge is 0.307 e. The van der Waals surface area contributed by atoms with E-state index in [1.165, 1.54) is 18.5 Å². The van der Waals surface area contributed by atoms with E-state index in [-0.39, 0.29) is 17.7 Å². The summed E-state index contributed by atoms with van der Waals surface area (Å²) in [6.45, 7) is 13.7. The minimum Gasteiger partial charge on any atom is -0.493 e. The van der Waals surface area contributed by atoms with Crippen molar-refractivity contribution in [2.45, 2.75) is 72.8 Å². The third kappa shape index (κ3) is 10.7. The van der Waals surface area contributed by atoms with Crippen molar-refractivity contribution in [2.75, 3.05) is 29.9 Å².